The monoisotopic (exact) mass is 406 g/mol. The zero-order valence-electron chi connectivity index (χ0n) is 15.8. The first-order chi connectivity index (χ1) is 14.0. The van der Waals surface area contributed by atoms with Crippen LogP contribution in [-0.2, 0) is 6.54 Å². The molecule has 2 atom stereocenters. The van der Waals surface area contributed by atoms with E-state index in [9.17, 15) is 9.18 Å². The number of nitrogens with one attached hydrogen (secondary N) is 1. The van der Waals surface area contributed by atoms with Crippen molar-refractivity contribution in [3.05, 3.63) is 75.9 Å². The van der Waals surface area contributed by atoms with Crippen molar-refractivity contribution in [2.24, 2.45) is 9.98 Å². The fourth-order valence-electron chi connectivity index (χ4n) is 3.46. The molecule has 1 N–H and O–H groups in total. The lowest BCUT2D eigenvalue weighted by Crippen LogP contribution is -2.38. The predicted octanol–water partition coefficient (Wildman–Crippen LogP) is 5.16. The molecule has 0 bridgehead atoms. The van der Waals surface area contributed by atoms with Gasteiger partial charge in [0.05, 0.1) is 24.2 Å². The molecule has 1 aliphatic rings. The van der Waals surface area contributed by atoms with Crippen molar-refractivity contribution in [2.45, 2.75) is 25.4 Å². The lowest BCUT2D eigenvalue weighted by Gasteiger charge is -2.30. The lowest BCUT2D eigenvalue weighted by atomic mass is 9.88. The van der Waals surface area contributed by atoms with Gasteiger partial charge in [0.15, 0.2) is 0 Å². The van der Waals surface area contributed by atoms with Gasteiger partial charge in [0.2, 0.25) is 0 Å². The summed E-state index contributed by atoms with van der Waals surface area (Å²) in [6.45, 7) is 5.93. The highest BCUT2D eigenvalue weighted by molar-refractivity contribution is 7.10. The molecule has 7 heteroatoms. The first kappa shape index (κ1) is 19.1. The van der Waals surface area contributed by atoms with Crippen molar-refractivity contribution >= 4 is 29.8 Å². The summed E-state index contributed by atoms with van der Waals surface area (Å²) in [5.41, 5.74) is 4.47. The summed E-state index contributed by atoms with van der Waals surface area (Å²) >= 11 is 1.53. The Morgan fingerprint density at radius 3 is 2.59 bits per heavy atom. The summed E-state index contributed by atoms with van der Waals surface area (Å²) in [4.78, 5) is 24.8. The lowest BCUT2D eigenvalue weighted by molar-refractivity contribution is 0.243. The van der Waals surface area contributed by atoms with Gasteiger partial charge in [-0.05, 0) is 36.9 Å². The van der Waals surface area contributed by atoms with Gasteiger partial charge in [0.1, 0.15) is 10.8 Å². The summed E-state index contributed by atoms with van der Waals surface area (Å²) in [5, 5.41) is 5.76. The van der Waals surface area contributed by atoms with E-state index in [-0.39, 0.29) is 17.8 Å². The molecule has 1 aromatic heterocycles. The van der Waals surface area contributed by atoms with Gasteiger partial charge in [-0.2, -0.15) is 0 Å². The Morgan fingerprint density at radius 2 is 1.90 bits per heavy atom. The second kappa shape index (κ2) is 8.05. The first-order valence-corrected chi connectivity index (χ1v) is 10.0. The Hall–Kier alpha value is -3.19. The van der Waals surface area contributed by atoms with Crippen molar-refractivity contribution in [2.75, 3.05) is 0 Å². The number of hydrogen-bond donors (Lipinski definition) is 1. The third-order valence-electron chi connectivity index (χ3n) is 4.90. The molecule has 0 saturated carbocycles. The van der Waals surface area contributed by atoms with Gasteiger partial charge in [-0.25, -0.2) is 19.2 Å². The second-order valence-corrected chi connectivity index (χ2v) is 7.75. The summed E-state index contributed by atoms with van der Waals surface area (Å²) in [6, 6.07) is 13.5. The van der Waals surface area contributed by atoms with Crippen LogP contribution in [0.3, 0.4) is 0 Å². The van der Waals surface area contributed by atoms with Crippen molar-refractivity contribution in [1.82, 2.24) is 10.3 Å². The van der Waals surface area contributed by atoms with E-state index in [0.717, 1.165) is 27.4 Å². The van der Waals surface area contributed by atoms with Crippen molar-refractivity contribution in [3.63, 3.8) is 0 Å². The van der Waals surface area contributed by atoms with Crippen LogP contribution in [0.2, 0.25) is 0 Å². The standard InChI is InChI=1S/C22H19FN4OS/c1-13-19(20(27-22(28)25-13)16-7-9-17(23)10-8-16)21-26-18(12-29-21)15-5-3-14(4-6-15)11-24-2/h3-10,12,19-20H,2,11H2,1H3,(H,27,28). The Labute approximate surface area is 172 Å². The molecule has 1 aliphatic heterocycles. The molecule has 0 fully saturated rings. The number of urea groups is 1. The SMILES string of the molecule is C=NCc1ccc(-c2csc(C3C(C)=NC(=O)NC3c3ccc(F)cc3)n2)cc1. The van der Waals surface area contributed by atoms with E-state index in [1.807, 2.05) is 36.6 Å². The Kier molecular flexibility index (Phi) is 5.31. The molecular weight excluding hydrogens is 387 g/mol. The number of carbonyl (C=O) groups excluding carboxylic acids is 1. The number of carbonyl (C=O) groups is 1. The van der Waals surface area contributed by atoms with Gasteiger partial charge < -0.3 is 5.32 Å². The second-order valence-electron chi connectivity index (χ2n) is 6.86. The maximum atomic E-state index is 13.4. The average molecular weight is 406 g/mol. The van der Waals surface area contributed by atoms with Crippen molar-refractivity contribution < 1.29 is 9.18 Å². The molecule has 2 heterocycles. The topological polar surface area (TPSA) is 66.7 Å². The van der Waals surface area contributed by atoms with Gasteiger partial charge in [-0.1, -0.05) is 36.4 Å². The first-order valence-electron chi connectivity index (χ1n) is 9.13. The molecule has 5 nitrogen and oxygen atoms in total. The van der Waals surface area contributed by atoms with Gasteiger partial charge in [0.25, 0.3) is 0 Å². The number of hydrogen-bond acceptors (Lipinski definition) is 4. The maximum Gasteiger partial charge on any atom is 0.341 e. The molecule has 0 radical (unpaired) electrons. The molecular formula is C22H19FN4OS. The van der Waals surface area contributed by atoms with E-state index in [1.54, 1.807) is 12.1 Å². The third-order valence-corrected chi connectivity index (χ3v) is 5.83. The van der Waals surface area contributed by atoms with Crippen LogP contribution < -0.4 is 5.32 Å². The number of benzene rings is 2. The van der Waals surface area contributed by atoms with E-state index in [2.05, 4.69) is 22.0 Å². The average Bonchev–Trinajstić information content (AvgIpc) is 3.18. The largest absolute Gasteiger partial charge is 0.341 e. The molecule has 2 amide bonds. The van der Waals surface area contributed by atoms with Crippen LogP contribution in [0.1, 0.15) is 35.0 Å². The van der Waals surface area contributed by atoms with Gasteiger partial charge >= 0.3 is 6.03 Å². The van der Waals surface area contributed by atoms with E-state index >= 15 is 0 Å². The van der Waals surface area contributed by atoms with Crippen LogP contribution >= 0.6 is 11.3 Å². The van der Waals surface area contributed by atoms with Crippen LogP contribution in [0.15, 0.2) is 63.9 Å². The van der Waals surface area contributed by atoms with Gasteiger partial charge in [-0.15, -0.1) is 11.3 Å². The van der Waals surface area contributed by atoms with Gasteiger partial charge in [0, 0.05) is 16.7 Å². The van der Waals surface area contributed by atoms with E-state index in [0.29, 0.717) is 12.3 Å². The zero-order chi connectivity index (χ0) is 20.4. The van der Waals surface area contributed by atoms with Crippen LogP contribution in [0, 0.1) is 5.82 Å². The summed E-state index contributed by atoms with van der Waals surface area (Å²) in [7, 11) is 0. The fourth-order valence-corrected chi connectivity index (χ4v) is 4.49. The number of aromatic nitrogens is 1. The normalized spacial score (nSPS) is 18.8. The summed E-state index contributed by atoms with van der Waals surface area (Å²) in [6.07, 6.45) is 0. The van der Waals surface area contributed by atoms with Crippen LogP contribution in [0.25, 0.3) is 11.3 Å². The number of aliphatic imine (C=N–C) groups is 2. The molecule has 146 valence electrons. The van der Waals surface area contributed by atoms with Crippen molar-refractivity contribution in [3.8, 4) is 11.3 Å². The fraction of sp³-hybridized carbons (Fsp3) is 0.182. The van der Waals surface area contributed by atoms with E-state index in [4.69, 9.17) is 4.98 Å². The van der Waals surface area contributed by atoms with Crippen LogP contribution in [0.4, 0.5) is 9.18 Å². The number of rotatable bonds is 5. The molecule has 2 aromatic carbocycles. The summed E-state index contributed by atoms with van der Waals surface area (Å²) < 4.78 is 13.4. The van der Waals surface area contributed by atoms with Crippen LogP contribution in [-0.4, -0.2) is 23.4 Å². The summed E-state index contributed by atoms with van der Waals surface area (Å²) in [5.74, 6) is -0.523. The molecule has 29 heavy (non-hydrogen) atoms. The highest BCUT2D eigenvalue weighted by Crippen LogP contribution is 2.37. The van der Waals surface area contributed by atoms with Gasteiger partial charge in [-0.3, -0.25) is 4.99 Å². The smallest absolute Gasteiger partial charge is 0.328 e. The highest BCUT2D eigenvalue weighted by Gasteiger charge is 2.34. The Balaban J connectivity index is 1.68. The third kappa shape index (κ3) is 4.00. The molecule has 2 unspecified atom stereocenters. The molecule has 3 aromatic rings. The maximum absolute atomic E-state index is 13.4. The molecule has 0 aliphatic carbocycles. The zero-order valence-corrected chi connectivity index (χ0v) is 16.6. The minimum atomic E-state index is -0.392. The molecule has 4 rings (SSSR count). The minimum absolute atomic E-state index is 0.207. The minimum Gasteiger partial charge on any atom is -0.328 e. The molecule has 0 saturated heterocycles. The number of amides is 2. The predicted molar refractivity (Wildman–Crippen MR) is 114 cm³/mol. The van der Waals surface area contributed by atoms with E-state index in [1.165, 1.54) is 23.5 Å². The number of halogens is 1. The quantitative estimate of drug-likeness (QED) is 0.595. The van der Waals surface area contributed by atoms with E-state index < -0.39 is 6.03 Å². The van der Waals surface area contributed by atoms with Crippen LogP contribution in [0.5, 0.6) is 0 Å². The highest BCUT2D eigenvalue weighted by atomic mass is 32.1. The number of thiazole rings is 1. The Morgan fingerprint density at radius 1 is 1.17 bits per heavy atom. The number of nitrogens with zero attached hydrogens (tertiary/aromatic N) is 3. The molecule has 0 spiro atoms. The van der Waals surface area contributed by atoms with Crippen molar-refractivity contribution in [1.29, 1.82) is 0 Å². The Bertz CT molecular complexity index is 1070.